The number of hydrogen-bond donors (Lipinski definition) is 2. The summed E-state index contributed by atoms with van der Waals surface area (Å²) in [5.74, 6) is -0.525. The van der Waals surface area contributed by atoms with Crippen molar-refractivity contribution in [2.75, 3.05) is 11.9 Å². The molecular weight excluding hydrogens is 666 g/mol. The fourth-order valence-electron chi connectivity index (χ4n) is 5.17. The Labute approximate surface area is 285 Å². The summed E-state index contributed by atoms with van der Waals surface area (Å²) in [6.07, 6.45) is -5.58. The zero-order valence-electron chi connectivity index (χ0n) is 26.6. The fraction of sp³-hybridized carbons (Fsp3) is 0.314. The van der Waals surface area contributed by atoms with Crippen LogP contribution in [0.3, 0.4) is 0 Å². The smallest absolute Gasteiger partial charge is 0.351 e. The first kappa shape index (κ1) is 36.9. The Morgan fingerprint density at radius 3 is 2.39 bits per heavy atom. The number of halogens is 6. The summed E-state index contributed by atoms with van der Waals surface area (Å²) in [6.45, 7) is 3.82. The van der Waals surface area contributed by atoms with Gasteiger partial charge in [-0.3, -0.25) is 4.79 Å². The molecule has 4 rings (SSSR count). The minimum Gasteiger partial charge on any atom is -0.351 e. The number of nitriles is 1. The van der Waals surface area contributed by atoms with Crippen LogP contribution in [0.15, 0.2) is 85.3 Å². The maximum absolute atomic E-state index is 14.0. The number of alkyl halides is 6. The van der Waals surface area contributed by atoms with E-state index in [-0.39, 0.29) is 47.7 Å². The first-order valence-corrected chi connectivity index (χ1v) is 15.7. The third-order valence-corrected chi connectivity index (χ3v) is 8.44. The third-order valence-electron chi connectivity index (χ3n) is 8.08. The van der Waals surface area contributed by atoms with E-state index in [0.29, 0.717) is 24.2 Å². The van der Waals surface area contributed by atoms with Gasteiger partial charge in [-0.05, 0) is 65.7 Å². The number of anilines is 1. The van der Waals surface area contributed by atoms with Crippen LogP contribution in [0, 0.1) is 17.2 Å². The number of aromatic nitrogens is 2. The largest absolute Gasteiger partial charge is 0.416 e. The average Bonchev–Trinajstić information content (AvgIpc) is 3.49. The molecule has 258 valence electrons. The van der Waals surface area contributed by atoms with E-state index < -0.39 is 29.5 Å². The van der Waals surface area contributed by atoms with Crippen LogP contribution in [0.4, 0.5) is 32.0 Å². The maximum Gasteiger partial charge on any atom is 0.416 e. The van der Waals surface area contributed by atoms with Crippen LogP contribution in [0.2, 0.25) is 0 Å². The van der Waals surface area contributed by atoms with Gasteiger partial charge in [0.05, 0.1) is 35.5 Å². The van der Waals surface area contributed by atoms with E-state index in [0.717, 1.165) is 23.8 Å². The molecule has 0 unspecified atom stereocenters. The Hall–Kier alpha value is -4.90. The van der Waals surface area contributed by atoms with E-state index in [1.807, 2.05) is 26.0 Å². The molecule has 4 aromatic rings. The second kappa shape index (κ2) is 16.0. The number of carbonyl (C=O) groups excluding carboxylic acids is 1. The van der Waals surface area contributed by atoms with Crippen LogP contribution in [0.1, 0.15) is 53.8 Å². The molecule has 0 spiro atoms. The number of thiocarbonyl (C=S) groups is 1. The molecule has 0 aliphatic carbocycles. The quantitative estimate of drug-likeness (QED) is 0.116. The second-order valence-corrected chi connectivity index (χ2v) is 12.0. The van der Waals surface area contributed by atoms with E-state index in [9.17, 15) is 31.1 Å². The molecular formula is C35H34F6N6OS. The molecule has 2 atom stereocenters. The molecule has 2 N–H and O–H groups in total. The summed E-state index contributed by atoms with van der Waals surface area (Å²) in [6, 6.07) is 17.8. The lowest BCUT2D eigenvalue weighted by Crippen LogP contribution is -2.50. The molecule has 0 aliphatic rings. The normalized spacial score (nSPS) is 12.9. The highest BCUT2D eigenvalue weighted by molar-refractivity contribution is 7.80. The predicted octanol–water partition coefficient (Wildman–Crippen LogP) is 7.81. The summed E-state index contributed by atoms with van der Waals surface area (Å²) in [4.78, 5) is 19.0. The summed E-state index contributed by atoms with van der Waals surface area (Å²) in [5.41, 5.74) is 0.150. The lowest BCUT2D eigenvalue weighted by molar-refractivity contribution is -0.138. The Balaban J connectivity index is 1.57. The standard InChI is InChI=1S/C35H34F6N6OS/c1-3-23(2)31(45-32(48)16-29-18-43-22-47(29)19-25-13-11-24(17-42)12-14-25)21-46(20-26-7-4-5-10-30(26)35(39,40)41)33(49)44-28-9-6-8-27(15-28)34(36,37)38/h4-15,18,22-23,31H,3,16,19-21H2,1-2H3,(H,44,49)(H,45,48)/t23-,31+/m0/s1. The number of imidazole rings is 1. The molecule has 7 nitrogen and oxygen atoms in total. The molecule has 0 radical (unpaired) electrons. The topological polar surface area (TPSA) is 86.0 Å². The van der Waals surface area contributed by atoms with E-state index in [4.69, 9.17) is 17.5 Å². The third kappa shape index (κ3) is 10.3. The molecule has 49 heavy (non-hydrogen) atoms. The molecule has 0 saturated heterocycles. The Morgan fingerprint density at radius 2 is 1.73 bits per heavy atom. The van der Waals surface area contributed by atoms with Crippen molar-refractivity contribution in [1.82, 2.24) is 19.8 Å². The highest BCUT2D eigenvalue weighted by Crippen LogP contribution is 2.33. The van der Waals surface area contributed by atoms with Gasteiger partial charge < -0.3 is 20.1 Å². The summed E-state index contributed by atoms with van der Waals surface area (Å²) in [5, 5.41) is 14.7. The van der Waals surface area contributed by atoms with Crippen molar-refractivity contribution < 1.29 is 31.1 Å². The minimum absolute atomic E-state index is 0.00795. The van der Waals surface area contributed by atoms with Crippen LogP contribution in [0.25, 0.3) is 0 Å². The molecule has 1 aromatic heterocycles. The van der Waals surface area contributed by atoms with E-state index in [1.54, 1.807) is 29.2 Å². The Bertz CT molecular complexity index is 1780. The van der Waals surface area contributed by atoms with Gasteiger partial charge in [-0.1, -0.05) is 56.7 Å². The van der Waals surface area contributed by atoms with Crippen molar-refractivity contribution in [2.24, 2.45) is 5.92 Å². The van der Waals surface area contributed by atoms with Gasteiger partial charge in [-0.15, -0.1) is 0 Å². The lowest BCUT2D eigenvalue weighted by atomic mass is 9.97. The predicted molar refractivity (Wildman–Crippen MR) is 177 cm³/mol. The molecule has 1 heterocycles. The molecule has 1 amide bonds. The zero-order valence-corrected chi connectivity index (χ0v) is 27.5. The monoisotopic (exact) mass is 700 g/mol. The molecule has 14 heteroatoms. The summed E-state index contributed by atoms with van der Waals surface area (Å²) in [7, 11) is 0. The van der Waals surface area contributed by atoms with Crippen molar-refractivity contribution in [2.45, 2.75) is 58.2 Å². The molecule has 0 aliphatic heterocycles. The van der Waals surface area contributed by atoms with Gasteiger partial charge in [0.15, 0.2) is 5.11 Å². The van der Waals surface area contributed by atoms with E-state index in [1.165, 1.54) is 35.2 Å². The highest BCUT2D eigenvalue weighted by Gasteiger charge is 2.34. The number of benzene rings is 3. The maximum atomic E-state index is 14.0. The zero-order chi connectivity index (χ0) is 35.8. The summed E-state index contributed by atoms with van der Waals surface area (Å²) < 4.78 is 83.8. The van der Waals surface area contributed by atoms with Crippen molar-refractivity contribution in [1.29, 1.82) is 5.26 Å². The first-order valence-electron chi connectivity index (χ1n) is 15.3. The van der Waals surface area contributed by atoms with Crippen LogP contribution in [-0.2, 0) is 36.7 Å². The number of hydrogen-bond acceptors (Lipinski definition) is 4. The molecule has 3 aromatic carbocycles. The van der Waals surface area contributed by atoms with Gasteiger partial charge >= 0.3 is 12.4 Å². The SMILES string of the molecule is CC[C@H](C)[C@@H](CN(Cc1ccccc1C(F)(F)F)C(=S)Nc1cccc(C(F)(F)F)c1)NC(=O)Cc1cncn1Cc1ccc(C#N)cc1. The number of amides is 1. The lowest BCUT2D eigenvalue weighted by Gasteiger charge is -2.34. The van der Waals surface area contributed by atoms with Gasteiger partial charge in [-0.2, -0.15) is 31.6 Å². The van der Waals surface area contributed by atoms with Crippen LogP contribution in [-0.4, -0.2) is 38.1 Å². The van der Waals surface area contributed by atoms with Gasteiger partial charge in [0.2, 0.25) is 5.91 Å². The fourth-order valence-corrected chi connectivity index (χ4v) is 5.42. The van der Waals surface area contributed by atoms with Gasteiger partial charge in [0.1, 0.15) is 0 Å². The Morgan fingerprint density at radius 1 is 1.02 bits per heavy atom. The number of nitrogens with one attached hydrogen (secondary N) is 2. The molecule has 0 fully saturated rings. The second-order valence-electron chi connectivity index (χ2n) is 11.6. The minimum atomic E-state index is -4.66. The van der Waals surface area contributed by atoms with Gasteiger partial charge in [-0.25, -0.2) is 4.98 Å². The van der Waals surface area contributed by atoms with Crippen molar-refractivity contribution in [3.8, 4) is 6.07 Å². The molecule has 0 bridgehead atoms. The van der Waals surface area contributed by atoms with Gasteiger partial charge in [0.25, 0.3) is 0 Å². The number of carbonyl (C=O) groups is 1. The van der Waals surface area contributed by atoms with Crippen molar-refractivity contribution in [3.63, 3.8) is 0 Å². The average molecular weight is 701 g/mol. The first-order chi connectivity index (χ1) is 23.2. The van der Waals surface area contributed by atoms with Crippen LogP contribution >= 0.6 is 12.2 Å². The highest BCUT2D eigenvalue weighted by atomic mass is 32.1. The number of rotatable bonds is 12. The Kier molecular flexibility index (Phi) is 12.1. The summed E-state index contributed by atoms with van der Waals surface area (Å²) >= 11 is 5.58. The van der Waals surface area contributed by atoms with Crippen LogP contribution < -0.4 is 10.6 Å². The van der Waals surface area contributed by atoms with E-state index in [2.05, 4.69) is 21.7 Å². The van der Waals surface area contributed by atoms with Crippen LogP contribution in [0.5, 0.6) is 0 Å². The van der Waals surface area contributed by atoms with E-state index >= 15 is 0 Å². The van der Waals surface area contributed by atoms with Crippen molar-refractivity contribution in [3.05, 3.63) is 119 Å². The van der Waals surface area contributed by atoms with Crippen molar-refractivity contribution >= 4 is 28.9 Å². The number of nitrogens with zero attached hydrogens (tertiary/aromatic N) is 4. The van der Waals surface area contributed by atoms with Gasteiger partial charge in [0, 0.05) is 43.3 Å². The molecule has 0 saturated carbocycles.